The highest BCUT2D eigenvalue weighted by Gasteiger charge is 2.24. The number of rotatable bonds is 13. The van der Waals surface area contributed by atoms with Crippen LogP contribution in [0.2, 0.25) is 18.1 Å². The van der Waals surface area contributed by atoms with E-state index in [-0.39, 0.29) is 6.61 Å². The molecule has 1 fully saturated rings. The summed E-state index contributed by atoms with van der Waals surface area (Å²) in [5.74, 6) is 3.20. The van der Waals surface area contributed by atoms with Crippen molar-refractivity contribution >= 4 is 8.07 Å². The van der Waals surface area contributed by atoms with E-state index < -0.39 is 20.3 Å². The number of aliphatic hydroxyl groups excluding tert-OH is 2. The molecule has 0 amide bonds. The predicted octanol–water partition coefficient (Wildman–Crippen LogP) is 2.67. The van der Waals surface area contributed by atoms with Gasteiger partial charge in [0.05, 0.1) is 38.6 Å². The summed E-state index contributed by atoms with van der Waals surface area (Å²) >= 11 is 0. The second-order valence-electron chi connectivity index (χ2n) is 7.67. The lowest BCUT2D eigenvalue weighted by Gasteiger charge is -2.28. The van der Waals surface area contributed by atoms with Crippen molar-refractivity contribution in [1.82, 2.24) is 4.90 Å². The molecule has 0 saturated carbocycles. The van der Waals surface area contributed by atoms with Gasteiger partial charge in [-0.3, -0.25) is 0 Å². The first-order valence-electron chi connectivity index (χ1n) is 10.8. The first kappa shape index (κ1) is 24.6. The van der Waals surface area contributed by atoms with E-state index in [4.69, 9.17) is 9.47 Å². The van der Waals surface area contributed by atoms with Crippen LogP contribution >= 0.6 is 0 Å². The monoisotopic (exact) mass is 399 g/mol. The average molecular weight is 400 g/mol. The lowest BCUT2D eigenvalue weighted by molar-refractivity contribution is -0.0234. The molecule has 1 heterocycles. The molecule has 0 spiro atoms. The zero-order valence-corrected chi connectivity index (χ0v) is 18.7. The Kier molecular flexibility index (Phi) is 13.3. The molecular formula is C21H41NO4Si. The van der Waals surface area contributed by atoms with Crippen LogP contribution in [0.15, 0.2) is 0 Å². The van der Waals surface area contributed by atoms with Crippen molar-refractivity contribution in [3.63, 3.8) is 0 Å². The Hall–Kier alpha value is -0.423. The Balaban J connectivity index is 2.05. The van der Waals surface area contributed by atoms with Gasteiger partial charge in [-0.05, 0) is 44.1 Å². The molecule has 6 heteroatoms. The van der Waals surface area contributed by atoms with Crippen molar-refractivity contribution in [3.05, 3.63) is 0 Å². The van der Waals surface area contributed by atoms with Gasteiger partial charge in [0.1, 0.15) is 8.07 Å². The minimum Gasteiger partial charge on any atom is -0.390 e. The van der Waals surface area contributed by atoms with Crippen LogP contribution in [0.4, 0.5) is 0 Å². The van der Waals surface area contributed by atoms with Gasteiger partial charge in [-0.15, -0.1) is 11.5 Å². The van der Waals surface area contributed by atoms with E-state index in [2.05, 4.69) is 37.1 Å². The number of ether oxygens (including phenoxy) is 2. The van der Waals surface area contributed by atoms with Gasteiger partial charge in [0.2, 0.25) is 0 Å². The number of piperidine rings is 1. The van der Waals surface area contributed by atoms with Gasteiger partial charge >= 0.3 is 0 Å². The molecule has 1 aliphatic heterocycles. The smallest absolute Gasteiger partial charge is 0.137 e. The number of β-amino-alcohol motifs (C(OH)–C–C–N with tert-alkyl or cyclic N) is 1. The van der Waals surface area contributed by atoms with Crippen molar-refractivity contribution in [3.8, 4) is 11.5 Å². The fourth-order valence-corrected chi connectivity index (χ4v) is 5.99. The summed E-state index contributed by atoms with van der Waals surface area (Å²) in [6, 6.07) is 3.54. The average Bonchev–Trinajstić information content (AvgIpc) is 2.69. The Labute approximate surface area is 167 Å². The summed E-state index contributed by atoms with van der Waals surface area (Å²) < 4.78 is 10.9. The minimum absolute atomic E-state index is 0.285. The van der Waals surface area contributed by atoms with E-state index in [0.717, 1.165) is 13.1 Å². The van der Waals surface area contributed by atoms with Crippen LogP contribution in [-0.4, -0.2) is 81.5 Å². The molecule has 0 radical (unpaired) electrons. The zero-order valence-electron chi connectivity index (χ0n) is 17.7. The van der Waals surface area contributed by atoms with E-state index in [0.29, 0.717) is 32.8 Å². The van der Waals surface area contributed by atoms with Crippen molar-refractivity contribution in [2.24, 2.45) is 0 Å². The van der Waals surface area contributed by atoms with Crippen LogP contribution in [-0.2, 0) is 9.47 Å². The molecule has 5 nitrogen and oxygen atoms in total. The second kappa shape index (κ2) is 14.6. The van der Waals surface area contributed by atoms with Gasteiger partial charge in [0.15, 0.2) is 0 Å². The van der Waals surface area contributed by atoms with Crippen LogP contribution < -0.4 is 0 Å². The van der Waals surface area contributed by atoms with Crippen LogP contribution in [0.3, 0.4) is 0 Å². The lowest BCUT2D eigenvalue weighted by atomic mass is 10.1. The van der Waals surface area contributed by atoms with E-state index in [1.165, 1.54) is 37.4 Å². The standard InChI is InChI=1S/C21H41NO4Si/c1-4-27(5-2,6-3)16-10-11-20(23)18-25-14-15-26-19-21(24)17-22-12-8-7-9-13-22/h20-21,23-24H,4-9,11-15,17-19H2,1-3H3/t20-,21+/m1/s1. The summed E-state index contributed by atoms with van der Waals surface area (Å²) in [6.45, 7) is 11.0. The third kappa shape index (κ3) is 10.6. The van der Waals surface area contributed by atoms with Crippen LogP contribution in [0.5, 0.6) is 0 Å². The fourth-order valence-electron chi connectivity index (χ4n) is 3.48. The van der Waals surface area contributed by atoms with E-state index >= 15 is 0 Å². The quantitative estimate of drug-likeness (QED) is 0.283. The number of aliphatic hydroxyl groups is 2. The molecule has 27 heavy (non-hydrogen) atoms. The first-order chi connectivity index (χ1) is 13.0. The number of hydrogen-bond donors (Lipinski definition) is 2. The molecule has 1 aliphatic rings. The molecule has 2 N–H and O–H groups in total. The summed E-state index contributed by atoms with van der Waals surface area (Å²) in [5.41, 5.74) is 3.49. The SMILES string of the molecule is CC[Si](C#CC[C@@H](O)COCCOC[C@@H](O)CN1CCCCC1)(CC)CC. The van der Waals surface area contributed by atoms with Gasteiger partial charge in [0, 0.05) is 13.0 Å². The molecule has 1 rings (SSSR count). The minimum atomic E-state index is -1.42. The maximum atomic E-state index is 10.0. The van der Waals surface area contributed by atoms with E-state index in [1.807, 2.05) is 0 Å². The second-order valence-corrected chi connectivity index (χ2v) is 12.6. The summed E-state index contributed by atoms with van der Waals surface area (Å²) in [7, 11) is -1.42. The summed E-state index contributed by atoms with van der Waals surface area (Å²) in [5, 5.41) is 20.0. The number of nitrogens with zero attached hydrogens (tertiary/aromatic N) is 1. The molecule has 0 aromatic rings. The first-order valence-corrected chi connectivity index (χ1v) is 13.4. The van der Waals surface area contributed by atoms with Gasteiger partial charge < -0.3 is 24.6 Å². The summed E-state index contributed by atoms with van der Waals surface area (Å²) in [6.07, 6.45) is 3.25. The Morgan fingerprint density at radius 1 is 0.889 bits per heavy atom. The topological polar surface area (TPSA) is 62.2 Å². The molecular weight excluding hydrogens is 358 g/mol. The van der Waals surface area contributed by atoms with Gasteiger partial charge in [-0.25, -0.2) is 0 Å². The maximum Gasteiger partial charge on any atom is 0.137 e. The largest absolute Gasteiger partial charge is 0.390 e. The Morgan fingerprint density at radius 3 is 2.00 bits per heavy atom. The summed E-state index contributed by atoms with van der Waals surface area (Å²) in [4.78, 5) is 2.30. The maximum absolute atomic E-state index is 10.0. The predicted molar refractivity (Wildman–Crippen MR) is 114 cm³/mol. The normalized spacial score (nSPS) is 18.0. The van der Waals surface area contributed by atoms with Gasteiger partial charge in [0.25, 0.3) is 0 Å². The van der Waals surface area contributed by atoms with Crippen molar-refractivity contribution in [1.29, 1.82) is 0 Å². The molecule has 0 aliphatic carbocycles. The highest BCUT2D eigenvalue weighted by molar-refractivity contribution is 6.87. The third-order valence-corrected chi connectivity index (χ3v) is 10.4. The Bertz CT molecular complexity index is 419. The molecule has 0 aromatic heterocycles. The Morgan fingerprint density at radius 2 is 1.44 bits per heavy atom. The van der Waals surface area contributed by atoms with Crippen molar-refractivity contribution < 1.29 is 19.7 Å². The molecule has 0 aromatic carbocycles. The molecule has 2 atom stereocenters. The van der Waals surface area contributed by atoms with Crippen LogP contribution in [0.1, 0.15) is 46.5 Å². The molecule has 0 unspecified atom stereocenters. The molecule has 0 bridgehead atoms. The highest BCUT2D eigenvalue weighted by Crippen LogP contribution is 2.18. The van der Waals surface area contributed by atoms with Crippen molar-refractivity contribution in [2.75, 3.05) is 46.1 Å². The molecule has 158 valence electrons. The fraction of sp³-hybridized carbons (Fsp3) is 0.905. The van der Waals surface area contributed by atoms with E-state index in [9.17, 15) is 10.2 Å². The van der Waals surface area contributed by atoms with E-state index in [1.54, 1.807) is 0 Å². The highest BCUT2D eigenvalue weighted by atomic mass is 28.3. The lowest BCUT2D eigenvalue weighted by Crippen LogP contribution is -2.38. The van der Waals surface area contributed by atoms with Crippen LogP contribution in [0.25, 0.3) is 0 Å². The third-order valence-electron chi connectivity index (χ3n) is 5.63. The van der Waals surface area contributed by atoms with Crippen molar-refractivity contribution in [2.45, 2.75) is 76.8 Å². The van der Waals surface area contributed by atoms with Gasteiger partial charge in [-0.2, -0.15) is 0 Å². The number of likely N-dealkylation sites (tertiary alicyclic amines) is 1. The number of hydrogen-bond acceptors (Lipinski definition) is 5. The van der Waals surface area contributed by atoms with Crippen LogP contribution in [0, 0.1) is 11.5 Å². The molecule has 1 saturated heterocycles. The van der Waals surface area contributed by atoms with Gasteiger partial charge in [-0.1, -0.05) is 27.2 Å². The zero-order chi connectivity index (χ0) is 20.0.